The number of nitrogens with zero attached hydrogens (tertiary/aromatic N) is 1. The van der Waals surface area contributed by atoms with E-state index in [2.05, 4.69) is 5.32 Å². The van der Waals surface area contributed by atoms with Gasteiger partial charge in [0.25, 0.3) is 0 Å². The lowest BCUT2D eigenvalue weighted by Crippen LogP contribution is -2.40. The zero-order valence-electron chi connectivity index (χ0n) is 12.2. The minimum atomic E-state index is -3.45. The Morgan fingerprint density at radius 1 is 1.33 bits per heavy atom. The van der Waals surface area contributed by atoms with Crippen molar-refractivity contribution in [3.05, 3.63) is 29.8 Å². The molecular formula is C14H20N2O4S. The van der Waals surface area contributed by atoms with Crippen molar-refractivity contribution >= 4 is 15.9 Å². The molecule has 21 heavy (non-hydrogen) atoms. The number of rotatable bonds is 7. The van der Waals surface area contributed by atoms with Crippen LogP contribution in [0.1, 0.15) is 18.4 Å². The molecule has 0 saturated heterocycles. The fourth-order valence-corrected chi connectivity index (χ4v) is 2.62. The summed E-state index contributed by atoms with van der Waals surface area (Å²) in [6.45, 7) is 0.0161. The van der Waals surface area contributed by atoms with E-state index in [0.29, 0.717) is 5.75 Å². The summed E-state index contributed by atoms with van der Waals surface area (Å²) in [6.07, 6.45) is 3.06. The molecule has 0 unspecified atom stereocenters. The number of nitrogens with one attached hydrogen (secondary N) is 1. The van der Waals surface area contributed by atoms with Gasteiger partial charge in [0.15, 0.2) is 0 Å². The van der Waals surface area contributed by atoms with Gasteiger partial charge in [-0.1, -0.05) is 12.1 Å². The van der Waals surface area contributed by atoms with Crippen LogP contribution in [0.3, 0.4) is 0 Å². The highest BCUT2D eigenvalue weighted by Crippen LogP contribution is 2.19. The van der Waals surface area contributed by atoms with Crippen LogP contribution in [0, 0.1) is 0 Å². The normalized spacial score (nSPS) is 15.0. The van der Waals surface area contributed by atoms with Gasteiger partial charge in [0.1, 0.15) is 5.75 Å². The van der Waals surface area contributed by atoms with E-state index in [1.54, 1.807) is 31.4 Å². The highest BCUT2D eigenvalue weighted by Gasteiger charge is 2.26. The molecule has 2 rings (SSSR count). The molecule has 1 N–H and O–H groups in total. The molecule has 1 aromatic rings. The van der Waals surface area contributed by atoms with Gasteiger partial charge in [0, 0.05) is 12.6 Å². The second-order valence-corrected chi connectivity index (χ2v) is 7.20. The van der Waals surface area contributed by atoms with Crippen molar-refractivity contribution in [3.8, 4) is 5.75 Å². The summed E-state index contributed by atoms with van der Waals surface area (Å²) in [5.74, 6) is 0.451. The van der Waals surface area contributed by atoms with E-state index in [1.807, 2.05) is 0 Å². The van der Waals surface area contributed by atoms with E-state index in [0.717, 1.165) is 24.7 Å². The van der Waals surface area contributed by atoms with Crippen molar-refractivity contribution in [1.82, 2.24) is 9.62 Å². The molecule has 1 saturated carbocycles. The summed E-state index contributed by atoms with van der Waals surface area (Å²) in [6, 6.07) is 7.33. The highest BCUT2D eigenvalue weighted by atomic mass is 32.2. The van der Waals surface area contributed by atoms with Gasteiger partial charge in [-0.15, -0.1) is 0 Å². The van der Waals surface area contributed by atoms with Gasteiger partial charge < -0.3 is 10.1 Å². The quantitative estimate of drug-likeness (QED) is 0.805. The predicted molar refractivity (Wildman–Crippen MR) is 79.4 cm³/mol. The van der Waals surface area contributed by atoms with Crippen LogP contribution in [0.15, 0.2) is 24.3 Å². The average Bonchev–Trinajstić information content (AvgIpc) is 3.21. The number of ether oxygens (including phenoxy) is 1. The molecule has 1 aliphatic rings. The van der Waals surface area contributed by atoms with E-state index in [9.17, 15) is 13.2 Å². The Morgan fingerprint density at radius 2 is 1.95 bits per heavy atom. The Hall–Kier alpha value is -1.60. The summed E-state index contributed by atoms with van der Waals surface area (Å²) < 4.78 is 29.9. The van der Waals surface area contributed by atoms with Gasteiger partial charge >= 0.3 is 0 Å². The SMILES string of the molecule is COc1ccc(CN(CC(=O)NC2CC2)S(C)(=O)=O)cc1. The number of hydrogen-bond donors (Lipinski definition) is 1. The summed E-state index contributed by atoms with van der Waals surface area (Å²) >= 11 is 0. The number of benzene rings is 1. The van der Waals surface area contributed by atoms with Gasteiger partial charge in [-0.3, -0.25) is 4.79 Å². The lowest BCUT2D eigenvalue weighted by molar-refractivity contribution is -0.121. The van der Waals surface area contributed by atoms with Crippen LogP contribution in [0.25, 0.3) is 0 Å². The maximum Gasteiger partial charge on any atom is 0.235 e. The third-order valence-corrected chi connectivity index (χ3v) is 4.45. The van der Waals surface area contributed by atoms with Crippen LogP contribution in [0.5, 0.6) is 5.75 Å². The van der Waals surface area contributed by atoms with Crippen molar-refractivity contribution < 1.29 is 17.9 Å². The number of hydrogen-bond acceptors (Lipinski definition) is 4. The number of carbonyl (C=O) groups is 1. The fourth-order valence-electron chi connectivity index (χ4n) is 1.89. The first kappa shape index (κ1) is 15.8. The Morgan fingerprint density at radius 3 is 2.43 bits per heavy atom. The van der Waals surface area contributed by atoms with Crippen molar-refractivity contribution in [1.29, 1.82) is 0 Å². The van der Waals surface area contributed by atoms with Crippen molar-refractivity contribution in [3.63, 3.8) is 0 Å². The monoisotopic (exact) mass is 312 g/mol. The van der Waals surface area contributed by atoms with E-state index in [-0.39, 0.29) is 25.0 Å². The van der Waals surface area contributed by atoms with E-state index < -0.39 is 10.0 Å². The van der Waals surface area contributed by atoms with Crippen LogP contribution in [-0.4, -0.2) is 44.6 Å². The lowest BCUT2D eigenvalue weighted by Gasteiger charge is -2.19. The Bertz CT molecular complexity index is 594. The Kier molecular flexibility index (Phi) is 4.84. The molecule has 1 amide bonds. The van der Waals surface area contributed by atoms with Crippen LogP contribution in [0.2, 0.25) is 0 Å². The number of sulfonamides is 1. The average molecular weight is 312 g/mol. The molecule has 0 atom stereocenters. The van der Waals surface area contributed by atoms with Crippen molar-refractivity contribution in [2.75, 3.05) is 19.9 Å². The van der Waals surface area contributed by atoms with E-state index >= 15 is 0 Å². The largest absolute Gasteiger partial charge is 0.497 e. The third-order valence-electron chi connectivity index (χ3n) is 3.25. The molecule has 1 aromatic carbocycles. The first-order valence-electron chi connectivity index (χ1n) is 6.76. The molecule has 1 aliphatic carbocycles. The minimum Gasteiger partial charge on any atom is -0.497 e. The zero-order valence-corrected chi connectivity index (χ0v) is 13.0. The molecule has 0 radical (unpaired) electrons. The third kappa shape index (κ3) is 5.02. The Balaban J connectivity index is 2.02. The molecule has 7 heteroatoms. The van der Waals surface area contributed by atoms with E-state index in [4.69, 9.17) is 4.74 Å². The molecule has 0 spiro atoms. The number of carbonyl (C=O) groups excluding carboxylic acids is 1. The van der Waals surface area contributed by atoms with Crippen LogP contribution in [0.4, 0.5) is 0 Å². The summed E-state index contributed by atoms with van der Waals surface area (Å²) in [4.78, 5) is 11.8. The summed E-state index contributed by atoms with van der Waals surface area (Å²) in [5, 5.41) is 2.80. The molecular weight excluding hydrogens is 292 g/mol. The van der Waals surface area contributed by atoms with Crippen LogP contribution in [-0.2, 0) is 21.4 Å². The molecule has 0 bridgehead atoms. The summed E-state index contributed by atoms with van der Waals surface area (Å²) in [5.41, 5.74) is 0.806. The van der Waals surface area contributed by atoms with Crippen LogP contribution < -0.4 is 10.1 Å². The first-order valence-corrected chi connectivity index (χ1v) is 8.61. The standard InChI is InChI=1S/C14H20N2O4S/c1-20-13-7-3-11(4-8-13)9-16(21(2,18)19)10-14(17)15-12-5-6-12/h3-4,7-8,12H,5-6,9-10H2,1-2H3,(H,15,17). The number of methoxy groups -OCH3 is 1. The first-order chi connectivity index (χ1) is 9.88. The zero-order chi connectivity index (χ0) is 15.5. The molecule has 0 aromatic heterocycles. The highest BCUT2D eigenvalue weighted by molar-refractivity contribution is 7.88. The maximum atomic E-state index is 11.8. The van der Waals surface area contributed by atoms with Crippen LogP contribution >= 0.6 is 0 Å². The van der Waals surface area contributed by atoms with Gasteiger partial charge in [0.2, 0.25) is 15.9 Å². The topological polar surface area (TPSA) is 75.7 Å². The number of amides is 1. The Labute approximate surface area is 125 Å². The van der Waals surface area contributed by atoms with E-state index in [1.165, 1.54) is 4.31 Å². The lowest BCUT2D eigenvalue weighted by atomic mass is 10.2. The minimum absolute atomic E-state index is 0.151. The second-order valence-electron chi connectivity index (χ2n) is 5.22. The fraction of sp³-hybridized carbons (Fsp3) is 0.500. The van der Waals surface area contributed by atoms with Gasteiger partial charge in [0.05, 0.1) is 19.9 Å². The van der Waals surface area contributed by atoms with Gasteiger partial charge in [-0.05, 0) is 30.5 Å². The second kappa shape index (κ2) is 6.44. The molecule has 116 valence electrons. The maximum absolute atomic E-state index is 11.8. The van der Waals surface area contributed by atoms with Crippen molar-refractivity contribution in [2.24, 2.45) is 0 Å². The van der Waals surface area contributed by atoms with Gasteiger partial charge in [-0.2, -0.15) is 4.31 Å². The molecule has 0 heterocycles. The smallest absolute Gasteiger partial charge is 0.235 e. The molecule has 6 nitrogen and oxygen atoms in total. The molecule has 0 aliphatic heterocycles. The summed E-state index contributed by atoms with van der Waals surface area (Å²) in [7, 11) is -1.88. The predicted octanol–water partition coefficient (Wildman–Crippen LogP) is 0.735. The molecule has 1 fully saturated rings. The van der Waals surface area contributed by atoms with Gasteiger partial charge in [-0.25, -0.2) is 8.42 Å². The van der Waals surface area contributed by atoms with Crippen molar-refractivity contribution in [2.45, 2.75) is 25.4 Å².